The largest absolute Gasteiger partial charge is 0.366 e. The summed E-state index contributed by atoms with van der Waals surface area (Å²) >= 11 is 0. The molecule has 3 aromatic rings. The van der Waals surface area contributed by atoms with Crippen LogP contribution in [0.2, 0.25) is 0 Å². The average Bonchev–Trinajstić information content (AvgIpc) is 3.05. The maximum absolute atomic E-state index is 14.0. The minimum atomic E-state index is -4.07. The van der Waals surface area contributed by atoms with Gasteiger partial charge in [-0.05, 0) is 41.5 Å². The fourth-order valence-corrected chi connectivity index (χ4v) is 3.77. The molecule has 3 rings (SSSR count). The number of anilines is 1. The van der Waals surface area contributed by atoms with Gasteiger partial charge in [0.2, 0.25) is 0 Å². The zero-order valence-corrected chi connectivity index (χ0v) is 14.1. The third kappa shape index (κ3) is 3.73. The second kappa shape index (κ2) is 6.98. The van der Waals surface area contributed by atoms with Gasteiger partial charge in [-0.15, -0.1) is 0 Å². The number of nitriles is 1. The van der Waals surface area contributed by atoms with E-state index in [1.807, 2.05) is 0 Å². The molecule has 0 aliphatic rings. The fraction of sp³-hybridized carbons (Fsp3) is 0.0556. The van der Waals surface area contributed by atoms with Gasteiger partial charge in [0.05, 0.1) is 17.3 Å². The van der Waals surface area contributed by atoms with Crippen LogP contribution in [0.3, 0.4) is 0 Å². The Bertz CT molecular complexity index is 1100. The second-order valence-corrected chi connectivity index (χ2v) is 7.21. The van der Waals surface area contributed by atoms with Gasteiger partial charge in [0, 0.05) is 18.8 Å². The van der Waals surface area contributed by atoms with Gasteiger partial charge in [0.25, 0.3) is 10.0 Å². The Morgan fingerprint density at radius 1 is 1.12 bits per heavy atom. The molecule has 1 heterocycles. The van der Waals surface area contributed by atoms with Gasteiger partial charge in [-0.2, -0.15) is 5.26 Å². The highest BCUT2D eigenvalue weighted by Gasteiger charge is 2.21. The van der Waals surface area contributed by atoms with Crippen molar-refractivity contribution in [2.24, 2.45) is 0 Å². The number of benzene rings is 2. The highest BCUT2D eigenvalue weighted by molar-refractivity contribution is 7.92. The van der Waals surface area contributed by atoms with Crippen LogP contribution in [-0.4, -0.2) is 13.4 Å². The minimum Gasteiger partial charge on any atom is -0.366 e. The molecular weight excluding hydrogens is 360 g/mol. The summed E-state index contributed by atoms with van der Waals surface area (Å²) < 4.78 is 54.7. The van der Waals surface area contributed by atoms with Gasteiger partial charge in [-0.25, -0.2) is 17.2 Å². The van der Waals surface area contributed by atoms with E-state index in [1.54, 1.807) is 12.1 Å². The van der Waals surface area contributed by atoms with Crippen molar-refractivity contribution in [2.45, 2.75) is 11.3 Å². The Balaban J connectivity index is 1.89. The lowest BCUT2D eigenvalue weighted by Crippen LogP contribution is -2.15. The molecule has 8 heteroatoms. The predicted molar refractivity (Wildman–Crippen MR) is 91.9 cm³/mol. The molecule has 2 N–H and O–H groups in total. The van der Waals surface area contributed by atoms with Crippen LogP contribution in [0.1, 0.15) is 16.7 Å². The molecule has 132 valence electrons. The Kier molecular flexibility index (Phi) is 4.73. The van der Waals surface area contributed by atoms with Gasteiger partial charge in [-0.3, -0.25) is 4.72 Å². The number of aromatic nitrogens is 1. The van der Waals surface area contributed by atoms with Crippen molar-refractivity contribution in [3.63, 3.8) is 0 Å². The van der Waals surface area contributed by atoms with Gasteiger partial charge in [0.15, 0.2) is 0 Å². The smallest absolute Gasteiger partial charge is 0.263 e. The van der Waals surface area contributed by atoms with Crippen LogP contribution >= 0.6 is 0 Å². The Morgan fingerprint density at radius 3 is 2.62 bits per heavy atom. The molecule has 0 amide bonds. The summed E-state index contributed by atoms with van der Waals surface area (Å²) in [6, 6.07) is 11.1. The molecule has 0 aliphatic heterocycles. The molecular formula is C18H13F2N3O2S. The maximum atomic E-state index is 14.0. The molecule has 0 radical (unpaired) electrons. The first-order chi connectivity index (χ1) is 12.4. The van der Waals surface area contributed by atoms with Crippen molar-refractivity contribution in [2.75, 3.05) is 4.72 Å². The van der Waals surface area contributed by atoms with Crippen molar-refractivity contribution in [3.8, 4) is 6.07 Å². The molecule has 0 saturated carbocycles. The normalized spacial score (nSPS) is 11.1. The second-order valence-electron chi connectivity index (χ2n) is 5.56. The quantitative estimate of drug-likeness (QED) is 0.717. The first-order valence-electron chi connectivity index (χ1n) is 7.51. The molecule has 0 atom stereocenters. The Hall–Kier alpha value is -3.18. The maximum Gasteiger partial charge on any atom is 0.263 e. The molecule has 2 aromatic carbocycles. The van der Waals surface area contributed by atoms with E-state index >= 15 is 0 Å². The molecule has 26 heavy (non-hydrogen) atoms. The van der Waals surface area contributed by atoms with Crippen LogP contribution < -0.4 is 4.72 Å². The number of nitrogens with one attached hydrogen (secondary N) is 2. The molecule has 0 fully saturated rings. The van der Waals surface area contributed by atoms with E-state index in [2.05, 4.69) is 9.71 Å². The van der Waals surface area contributed by atoms with E-state index in [9.17, 15) is 17.2 Å². The number of hydrogen-bond donors (Lipinski definition) is 2. The zero-order valence-electron chi connectivity index (χ0n) is 13.3. The van der Waals surface area contributed by atoms with E-state index in [0.29, 0.717) is 11.1 Å². The van der Waals surface area contributed by atoms with E-state index in [-0.39, 0.29) is 22.6 Å². The van der Waals surface area contributed by atoms with Gasteiger partial charge >= 0.3 is 0 Å². The van der Waals surface area contributed by atoms with Crippen molar-refractivity contribution < 1.29 is 17.2 Å². The van der Waals surface area contributed by atoms with Crippen LogP contribution in [0, 0.1) is 23.0 Å². The van der Waals surface area contributed by atoms with Crippen LogP contribution in [0.4, 0.5) is 14.5 Å². The molecule has 1 aromatic heterocycles. The van der Waals surface area contributed by atoms with Crippen LogP contribution in [0.25, 0.3) is 0 Å². The summed E-state index contributed by atoms with van der Waals surface area (Å²) in [6.07, 6.45) is 2.96. The van der Waals surface area contributed by atoms with Gasteiger partial charge in [0.1, 0.15) is 16.5 Å². The first kappa shape index (κ1) is 17.6. The molecule has 0 bridgehead atoms. The van der Waals surface area contributed by atoms with Crippen molar-refractivity contribution in [1.29, 1.82) is 5.26 Å². The lowest BCUT2D eigenvalue weighted by molar-refractivity contribution is 0.598. The topological polar surface area (TPSA) is 85.8 Å². The number of H-pyrrole nitrogens is 1. The number of nitrogens with zero attached hydrogens (tertiary/aromatic N) is 1. The van der Waals surface area contributed by atoms with Crippen molar-refractivity contribution in [3.05, 3.63) is 83.2 Å². The summed E-state index contributed by atoms with van der Waals surface area (Å²) in [5, 5.41) is 8.75. The lowest BCUT2D eigenvalue weighted by atomic mass is 10.1. The van der Waals surface area contributed by atoms with Crippen molar-refractivity contribution in [1.82, 2.24) is 4.98 Å². The average molecular weight is 373 g/mol. The molecule has 5 nitrogen and oxygen atoms in total. The third-order valence-corrected chi connectivity index (χ3v) is 5.15. The van der Waals surface area contributed by atoms with E-state index in [4.69, 9.17) is 5.26 Å². The van der Waals surface area contributed by atoms with Gasteiger partial charge < -0.3 is 4.98 Å². The summed E-state index contributed by atoms with van der Waals surface area (Å²) in [6.45, 7) is 0. The summed E-state index contributed by atoms with van der Waals surface area (Å²) in [5.41, 5.74) is 0.837. The van der Waals surface area contributed by atoms with Gasteiger partial charge in [-0.1, -0.05) is 12.1 Å². The highest BCUT2D eigenvalue weighted by Crippen LogP contribution is 2.24. The summed E-state index contributed by atoms with van der Waals surface area (Å²) in [5.74, 6) is -1.27. The minimum absolute atomic E-state index is 0.0643. The molecule has 0 aliphatic carbocycles. The van der Waals surface area contributed by atoms with Crippen LogP contribution in [-0.2, 0) is 16.4 Å². The summed E-state index contributed by atoms with van der Waals surface area (Å²) in [4.78, 5) is 2.64. The summed E-state index contributed by atoms with van der Waals surface area (Å²) in [7, 11) is -4.07. The molecule has 0 unspecified atom stereocenters. The fourth-order valence-electron chi connectivity index (χ4n) is 2.50. The van der Waals surface area contributed by atoms with E-state index in [1.165, 1.54) is 42.7 Å². The number of rotatable bonds is 5. The number of aromatic amines is 1. The SMILES string of the molecule is N#Cc1ccc(NS(=O)(=O)c2c[nH]cc2Cc2cccc(F)c2)c(F)c1. The number of sulfonamides is 1. The first-order valence-corrected chi connectivity index (χ1v) is 9.00. The Labute approximate surface area is 149 Å². The van der Waals surface area contributed by atoms with E-state index in [0.717, 1.165) is 6.07 Å². The zero-order chi connectivity index (χ0) is 18.7. The number of hydrogen-bond acceptors (Lipinski definition) is 3. The predicted octanol–water partition coefficient (Wildman–Crippen LogP) is 3.56. The molecule has 0 saturated heterocycles. The number of halogens is 2. The monoisotopic (exact) mass is 373 g/mol. The van der Waals surface area contributed by atoms with Crippen LogP contribution in [0.5, 0.6) is 0 Å². The van der Waals surface area contributed by atoms with Crippen molar-refractivity contribution >= 4 is 15.7 Å². The third-order valence-electron chi connectivity index (χ3n) is 3.70. The highest BCUT2D eigenvalue weighted by atomic mass is 32.2. The molecule has 0 spiro atoms. The standard InChI is InChI=1S/C18H13F2N3O2S/c19-15-3-1-2-12(7-15)6-14-10-22-11-18(14)26(24,25)23-17-5-4-13(9-21)8-16(17)20/h1-5,7-8,10-11,22-23H,6H2. The van der Waals surface area contributed by atoms with Crippen LogP contribution in [0.15, 0.2) is 59.8 Å². The van der Waals surface area contributed by atoms with E-state index < -0.39 is 21.7 Å². The lowest BCUT2D eigenvalue weighted by Gasteiger charge is -2.10. The Morgan fingerprint density at radius 2 is 1.92 bits per heavy atom.